The molecule has 0 unspecified atom stereocenters. The van der Waals surface area contributed by atoms with Crippen LogP contribution in [-0.4, -0.2) is 43.6 Å². The van der Waals surface area contributed by atoms with Gasteiger partial charge >= 0.3 is 5.97 Å². The van der Waals surface area contributed by atoms with Crippen molar-refractivity contribution in [3.8, 4) is 5.75 Å². The van der Waals surface area contributed by atoms with E-state index in [1.807, 2.05) is 0 Å². The van der Waals surface area contributed by atoms with Gasteiger partial charge in [0.25, 0.3) is 5.91 Å². The number of hydrogen-bond acceptors (Lipinski definition) is 4. The number of amides is 1. The molecule has 0 aliphatic rings. The zero-order valence-corrected chi connectivity index (χ0v) is 12.5. The van der Waals surface area contributed by atoms with Crippen molar-refractivity contribution in [2.75, 3.05) is 26.8 Å². The van der Waals surface area contributed by atoms with Crippen molar-refractivity contribution in [1.82, 2.24) is 4.90 Å². The quantitative estimate of drug-likeness (QED) is 0.544. The summed E-state index contributed by atoms with van der Waals surface area (Å²) in [5.41, 5.74) is 0.464. The zero-order chi connectivity index (χ0) is 15.7. The van der Waals surface area contributed by atoms with E-state index in [4.69, 9.17) is 9.47 Å². The van der Waals surface area contributed by atoms with Crippen LogP contribution in [0.5, 0.6) is 5.75 Å². The molecule has 21 heavy (non-hydrogen) atoms. The number of ether oxygens (including phenoxy) is 2. The largest absolute Gasteiger partial charge is 0.489 e. The van der Waals surface area contributed by atoms with Crippen molar-refractivity contribution >= 4 is 11.9 Å². The van der Waals surface area contributed by atoms with E-state index in [0.717, 1.165) is 0 Å². The molecule has 0 aliphatic heterocycles. The van der Waals surface area contributed by atoms with Crippen molar-refractivity contribution in [3.63, 3.8) is 0 Å². The third kappa shape index (κ3) is 5.30. The number of nitrogens with zero attached hydrogens (tertiary/aromatic N) is 1. The van der Waals surface area contributed by atoms with Gasteiger partial charge in [-0.05, 0) is 19.1 Å². The van der Waals surface area contributed by atoms with Crippen molar-refractivity contribution in [1.29, 1.82) is 0 Å². The van der Waals surface area contributed by atoms with Gasteiger partial charge in [-0.3, -0.25) is 9.59 Å². The molecule has 1 amide bonds. The first-order chi connectivity index (χ1) is 10.1. The summed E-state index contributed by atoms with van der Waals surface area (Å²) in [4.78, 5) is 25.2. The second-order valence-electron chi connectivity index (χ2n) is 4.38. The first kappa shape index (κ1) is 16.8. The molecule has 0 N–H and O–H groups in total. The molecule has 0 heterocycles. The Morgan fingerprint density at radius 2 is 2.05 bits per heavy atom. The lowest BCUT2D eigenvalue weighted by atomic mass is 10.1. The second-order valence-corrected chi connectivity index (χ2v) is 4.38. The lowest BCUT2D eigenvalue weighted by Gasteiger charge is -2.18. The summed E-state index contributed by atoms with van der Waals surface area (Å²) >= 11 is 0. The highest BCUT2D eigenvalue weighted by molar-refractivity contribution is 5.96. The maximum atomic E-state index is 12.4. The van der Waals surface area contributed by atoms with Crippen LogP contribution in [0.2, 0.25) is 0 Å². The number of rotatable bonds is 8. The van der Waals surface area contributed by atoms with Gasteiger partial charge in [-0.1, -0.05) is 24.8 Å². The minimum absolute atomic E-state index is 0.172. The Labute approximate surface area is 125 Å². The molecule has 114 valence electrons. The van der Waals surface area contributed by atoms with E-state index in [1.165, 1.54) is 4.90 Å². The average molecular weight is 291 g/mol. The van der Waals surface area contributed by atoms with Crippen LogP contribution in [0.4, 0.5) is 0 Å². The van der Waals surface area contributed by atoms with Gasteiger partial charge in [0.2, 0.25) is 0 Å². The molecule has 1 aromatic carbocycles. The molecule has 0 radical (unpaired) electrons. The van der Waals surface area contributed by atoms with Gasteiger partial charge in [-0.2, -0.15) is 0 Å². The smallest absolute Gasteiger partial charge is 0.307 e. The molecule has 0 spiro atoms. The third-order valence-electron chi connectivity index (χ3n) is 2.78. The molecule has 0 aliphatic carbocycles. The highest BCUT2D eigenvalue weighted by Crippen LogP contribution is 2.19. The van der Waals surface area contributed by atoms with E-state index in [9.17, 15) is 9.59 Å². The van der Waals surface area contributed by atoms with E-state index >= 15 is 0 Å². The molecular formula is C16H21NO4. The van der Waals surface area contributed by atoms with Gasteiger partial charge in [0.05, 0.1) is 18.6 Å². The Balaban J connectivity index is 2.69. The van der Waals surface area contributed by atoms with Gasteiger partial charge < -0.3 is 14.4 Å². The SMILES string of the molecule is C=CCOc1ccccc1C(=O)N(C)CCC(=O)OCC. The van der Waals surface area contributed by atoms with E-state index in [2.05, 4.69) is 6.58 Å². The van der Waals surface area contributed by atoms with Crippen molar-refractivity contribution in [3.05, 3.63) is 42.5 Å². The minimum atomic E-state index is -0.312. The van der Waals surface area contributed by atoms with Crippen LogP contribution in [-0.2, 0) is 9.53 Å². The van der Waals surface area contributed by atoms with E-state index in [1.54, 1.807) is 44.3 Å². The minimum Gasteiger partial charge on any atom is -0.489 e. The van der Waals surface area contributed by atoms with Crippen LogP contribution in [0.25, 0.3) is 0 Å². The maximum absolute atomic E-state index is 12.4. The standard InChI is InChI=1S/C16H21NO4/c1-4-12-21-14-9-7-6-8-13(14)16(19)17(3)11-10-15(18)20-5-2/h4,6-9H,1,5,10-12H2,2-3H3. The topological polar surface area (TPSA) is 55.8 Å². The van der Waals surface area contributed by atoms with Gasteiger partial charge in [-0.25, -0.2) is 0 Å². The van der Waals surface area contributed by atoms with Crippen molar-refractivity contribution < 1.29 is 19.1 Å². The average Bonchev–Trinajstić information content (AvgIpc) is 2.50. The molecule has 0 saturated carbocycles. The fraction of sp³-hybridized carbons (Fsp3) is 0.375. The van der Waals surface area contributed by atoms with Gasteiger partial charge in [-0.15, -0.1) is 0 Å². The number of para-hydroxylation sites is 1. The number of benzene rings is 1. The van der Waals surface area contributed by atoms with E-state index in [-0.39, 0.29) is 18.3 Å². The first-order valence-electron chi connectivity index (χ1n) is 6.84. The maximum Gasteiger partial charge on any atom is 0.307 e. The number of carbonyl (C=O) groups excluding carboxylic acids is 2. The van der Waals surface area contributed by atoms with Crippen molar-refractivity contribution in [2.24, 2.45) is 0 Å². The number of carbonyl (C=O) groups is 2. The molecular weight excluding hydrogens is 270 g/mol. The van der Waals surface area contributed by atoms with Gasteiger partial charge in [0.15, 0.2) is 0 Å². The number of hydrogen-bond donors (Lipinski definition) is 0. The summed E-state index contributed by atoms with van der Waals surface area (Å²) in [6.45, 7) is 6.30. The van der Waals surface area contributed by atoms with E-state index in [0.29, 0.717) is 31.1 Å². The zero-order valence-electron chi connectivity index (χ0n) is 12.5. The summed E-state index contributed by atoms with van der Waals surface area (Å²) in [7, 11) is 1.64. The normalized spacial score (nSPS) is 9.81. The first-order valence-corrected chi connectivity index (χ1v) is 6.84. The van der Waals surface area contributed by atoms with Crippen LogP contribution >= 0.6 is 0 Å². The highest BCUT2D eigenvalue weighted by Gasteiger charge is 2.17. The fourth-order valence-electron chi connectivity index (χ4n) is 1.72. The lowest BCUT2D eigenvalue weighted by Crippen LogP contribution is -2.29. The van der Waals surface area contributed by atoms with Gasteiger partial charge in [0, 0.05) is 13.6 Å². The third-order valence-corrected chi connectivity index (χ3v) is 2.78. The Morgan fingerprint density at radius 1 is 1.33 bits per heavy atom. The molecule has 1 rings (SSSR count). The van der Waals surface area contributed by atoms with E-state index < -0.39 is 0 Å². The summed E-state index contributed by atoms with van der Waals surface area (Å²) in [5, 5.41) is 0. The monoisotopic (exact) mass is 291 g/mol. The molecule has 0 atom stereocenters. The molecule has 0 aromatic heterocycles. The summed E-state index contributed by atoms with van der Waals surface area (Å²) < 4.78 is 10.3. The molecule has 5 nitrogen and oxygen atoms in total. The molecule has 0 fully saturated rings. The summed E-state index contributed by atoms with van der Waals surface area (Å²) in [6.07, 6.45) is 1.79. The lowest BCUT2D eigenvalue weighted by molar-refractivity contribution is -0.143. The highest BCUT2D eigenvalue weighted by atomic mass is 16.5. The van der Waals surface area contributed by atoms with Crippen LogP contribution in [0.15, 0.2) is 36.9 Å². The van der Waals surface area contributed by atoms with Crippen LogP contribution in [0.1, 0.15) is 23.7 Å². The Morgan fingerprint density at radius 3 is 2.71 bits per heavy atom. The Kier molecular flexibility index (Phi) is 7.01. The summed E-state index contributed by atoms with van der Waals surface area (Å²) in [6, 6.07) is 7.00. The number of esters is 1. The second kappa shape index (κ2) is 8.79. The molecule has 1 aromatic rings. The van der Waals surface area contributed by atoms with Crippen molar-refractivity contribution in [2.45, 2.75) is 13.3 Å². The molecule has 5 heteroatoms. The van der Waals surface area contributed by atoms with Crippen LogP contribution in [0, 0.1) is 0 Å². The fourth-order valence-corrected chi connectivity index (χ4v) is 1.72. The Bertz CT molecular complexity index is 499. The predicted molar refractivity (Wildman–Crippen MR) is 80.3 cm³/mol. The predicted octanol–water partition coefficient (Wildman–Crippen LogP) is 2.28. The molecule has 0 saturated heterocycles. The molecule has 0 bridgehead atoms. The Hall–Kier alpha value is -2.30. The van der Waals surface area contributed by atoms with Crippen LogP contribution < -0.4 is 4.74 Å². The van der Waals surface area contributed by atoms with Crippen LogP contribution in [0.3, 0.4) is 0 Å². The summed E-state index contributed by atoms with van der Waals surface area (Å²) in [5.74, 6) is -0.00214. The van der Waals surface area contributed by atoms with Gasteiger partial charge in [0.1, 0.15) is 12.4 Å².